The van der Waals surface area contributed by atoms with E-state index in [1.807, 2.05) is 32.2 Å². The summed E-state index contributed by atoms with van der Waals surface area (Å²) in [4.78, 5) is 15.9. The number of para-hydroxylation sites is 1. The lowest BCUT2D eigenvalue weighted by Gasteiger charge is -2.02. The summed E-state index contributed by atoms with van der Waals surface area (Å²) in [7, 11) is 1.83. The summed E-state index contributed by atoms with van der Waals surface area (Å²) in [5.74, 6) is -0.0215. The molecule has 0 N–H and O–H groups in total. The van der Waals surface area contributed by atoms with Crippen LogP contribution in [0.2, 0.25) is 0 Å². The van der Waals surface area contributed by atoms with E-state index < -0.39 is 0 Å². The summed E-state index contributed by atoms with van der Waals surface area (Å²) in [5, 5.41) is 0. The van der Waals surface area contributed by atoms with E-state index in [4.69, 9.17) is 4.74 Å². The second-order valence-electron chi connectivity index (χ2n) is 3.66. The van der Waals surface area contributed by atoms with Gasteiger partial charge < -0.3 is 9.30 Å². The van der Waals surface area contributed by atoms with Crippen LogP contribution in [0.5, 0.6) is 0 Å². The van der Waals surface area contributed by atoms with Crippen LogP contribution in [0, 0.1) is 6.92 Å². The molecule has 0 amide bonds. The first kappa shape index (κ1) is 10.7. The molecule has 4 nitrogen and oxygen atoms in total. The van der Waals surface area contributed by atoms with E-state index in [1.165, 1.54) is 0 Å². The van der Waals surface area contributed by atoms with E-state index in [-0.39, 0.29) is 5.97 Å². The quantitative estimate of drug-likeness (QED) is 0.725. The normalized spacial score (nSPS) is 10.7. The molecule has 84 valence electrons. The minimum atomic E-state index is -0.374. The zero-order chi connectivity index (χ0) is 11.7. The highest BCUT2D eigenvalue weighted by molar-refractivity contribution is 5.91. The maximum Gasteiger partial charge on any atom is 0.374 e. The Morgan fingerprint density at radius 1 is 1.50 bits per heavy atom. The zero-order valence-electron chi connectivity index (χ0n) is 9.65. The maximum absolute atomic E-state index is 11.6. The van der Waals surface area contributed by atoms with Crippen LogP contribution in [-0.4, -0.2) is 22.1 Å². The van der Waals surface area contributed by atoms with Crippen LogP contribution in [0.3, 0.4) is 0 Å². The summed E-state index contributed by atoms with van der Waals surface area (Å²) in [6, 6.07) is 5.82. The number of carbonyl (C=O) groups is 1. The number of benzene rings is 1. The topological polar surface area (TPSA) is 44.1 Å². The minimum absolute atomic E-state index is 0.353. The van der Waals surface area contributed by atoms with E-state index in [9.17, 15) is 4.79 Å². The maximum atomic E-state index is 11.6. The third-order valence-electron chi connectivity index (χ3n) is 2.55. The molecule has 0 spiro atoms. The minimum Gasteiger partial charge on any atom is -0.460 e. The van der Waals surface area contributed by atoms with Gasteiger partial charge in [0.15, 0.2) is 0 Å². The number of carbonyl (C=O) groups excluding carboxylic acids is 1. The second-order valence-corrected chi connectivity index (χ2v) is 3.66. The Morgan fingerprint density at radius 3 is 2.88 bits per heavy atom. The molecule has 4 heteroatoms. The van der Waals surface area contributed by atoms with Gasteiger partial charge in [-0.3, -0.25) is 0 Å². The van der Waals surface area contributed by atoms with Crippen LogP contribution in [0.25, 0.3) is 11.0 Å². The Kier molecular flexibility index (Phi) is 2.64. The first-order valence-corrected chi connectivity index (χ1v) is 5.24. The average molecular weight is 218 g/mol. The highest BCUT2D eigenvalue weighted by Crippen LogP contribution is 2.19. The number of hydrogen-bond acceptors (Lipinski definition) is 3. The van der Waals surface area contributed by atoms with Crippen LogP contribution in [0.15, 0.2) is 18.2 Å². The number of imidazole rings is 1. The van der Waals surface area contributed by atoms with E-state index in [0.29, 0.717) is 12.4 Å². The molecule has 2 rings (SSSR count). The standard InChI is InChI=1S/C12H14N2O2/c1-4-16-12(15)11-13-9-7-5-6-8(2)10(9)14(11)3/h5-7H,4H2,1-3H3. The molecule has 0 radical (unpaired) electrons. The van der Waals surface area contributed by atoms with Gasteiger partial charge in [-0.15, -0.1) is 0 Å². The Labute approximate surface area is 93.9 Å². The molecule has 0 aliphatic carbocycles. The number of ether oxygens (including phenoxy) is 1. The third-order valence-corrected chi connectivity index (χ3v) is 2.55. The number of esters is 1. The van der Waals surface area contributed by atoms with Crippen LogP contribution in [0.1, 0.15) is 23.1 Å². The van der Waals surface area contributed by atoms with Crippen molar-refractivity contribution in [3.8, 4) is 0 Å². The van der Waals surface area contributed by atoms with Crippen molar-refractivity contribution in [3.05, 3.63) is 29.6 Å². The molecule has 0 fully saturated rings. The highest BCUT2D eigenvalue weighted by atomic mass is 16.5. The van der Waals surface area contributed by atoms with Crippen molar-refractivity contribution in [2.75, 3.05) is 6.61 Å². The van der Waals surface area contributed by atoms with Crippen molar-refractivity contribution >= 4 is 17.0 Å². The summed E-state index contributed by atoms with van der Waals surface area (Å²) in [5.41, 5.74) is 2.90. The van der Waals surface area contributed by atoms with Gasteiger partial charge in [0, 0.05) is 7.05 Å². The van der Waals surface area contributed by atoms with Gasteiger partial charge in [-0.2, -0.15) is 0 Å². The Bertz CT molecular complexity index is 543. The van der Waals surface area contributed by atoms with Gasteiger partial charge in [0.2, 0.25) is 5.82 Å². The van der Waals surface area contributed by atoms with E-state index in [2.05, 4.69) is 4.98 Å². The molecule has 0 saturated heterocycles. The lowest BCUT2D eigenvalue weighted by atomic mass is 10.2. The van der Waals surface area contributed by atoms with Crippen LogP contribution in [-0.2, 0) is 11.8 Å². The summed E-state index contributed by atoms with van der Waals surface area (Å²) in [6.07, 6.45) is 0. The zero-order valence-corrected chi connectivity index (χ0v) is 9.65. The molecule has 0 unspecified atom stereocenters. The first-order chi connectivity index (χ1) is 7.65. The van der Waals surface area contributed by atoms with Crippen LogP contribution in [0.4, 0.5) is 0 Å². The summed E-state index contributed by atoms with van der Waals surface area (Å²) < 4.78 is 6.74. The molecular formula is C12H14N2O2. The number of rotatable bonds is 2. The molecule has 0 saturated carbocycles. The average Bonchev–Trinajstić information content (AvgIpc) is 2.58. The van der Waals surface area contributed by atoms with Crippen molar-refractivity contribution in [2.45, 2.75) is 13.8 Å². The van der Waals surface area contributed by atoms with Crippen molar-refractivity contribution in [1.82, 2.24) is 9.55 Å². The number of aromatic nitrogens is 2. The third kappa shape index (κ3) is 1.56. The molecule has 0 atom stereocenters. The molecule has 0 bridgehead atoms. The fraction of sp³-hybridized carbons (Fsp3) is 0.333. The van der Waals surface area contributed by atoms with Crippen LogP contribution >= 0.6 is 0 Å². The van der Waals surface area contributed by atoms with Crippen molar-refractivity contribution in [2.24, 2.45) is 7.05 Å². The molecular weight excluding hydrogens is 204 g/mol. The lowest BCUT2D eigenvalue weighted by molar-refractivity contribution is 0.0508. The fourth-order valence-electron chi connectivity index (χ4n) is 1.84. The van der Waals surface area contributed by atoms with Crippen molar-refractivity contribution in [1.29, 1.82) is 0 Å². The van der Waals surface area contributed by atoms with Crippen molar-refractivity contribution in [3.63, 3.8) is 0 Å². The Balaban J connectivity index is 2.61. The predicted molar refractivity (Wildman–Crippen MR) is 61.4 cm³/mol. The Morgan fingerprint density at radius 2 is 2.25 bits per heavy atom. The van der Waals surface area contributed by atoms with E-state index in [0.717, 1.165) is 16.6 Å². The van der Waals surface area contributed by atoms with E-state index >= 15 is 0 Å². The highest BCUT2D eigenvalue weighted by Gasteiger charge is 2.16. The van der Waals surface area contributed by atoms with Gasteiger partial charge in [-0.05, 0) is 25.5 Å². The van der Waals surface area contributed by atoms with Gasteiger partial charge in [-0.25, -0.2) is 9.78 Å². The van der Waals surface area contributed by atoms with Gasteiger partial charge in [0.25, 0.3) is 0 Å². The number of nitrogens with zero attached hydrogens (tertiary/aromatic N) is 2. The van der Waals surface area contributed by atoms with Gasteiger partial charge in [-0.1, -0.05) is 12.1 Å². The molecule has 0 aliphatic heterocycles. The largest absolute Gasteiger partial charge is 0.460 e. The van der Waals surface area contributed by atoms with E-state index in [1.54, 1.807) is 11.5 Å². The smallest absolute Gasteiger partial charge is 0.374 e. The second kappa shape index (κ2) is 3.96. The molecule has 1 heterocycles. The molecule has 1 aromatic carbocycles. The predicted octanol–water partition coefficient (Wildman–Crippen LogP) is 2.06. The fourth-order valence-corrected chi connectivity index (χ4v) is 1.84. The molecule has 2 aromatic rings. The lowest BCUT2D eigenvalue weighted by Crippen LogP contribution is -2.11. The van der Waals surface area contributed by atoms with Crippen LogP contribution < -0.4 is 0 Å². The molecule has 0 aliphatic rings. The number of hydrogen-bond donors (Lipinski definition) is 0. The van der Waals surface area contributed by atoms with Crippen molar-refractivity contribution < 1.29 is 9.53 Å². The van der Waals surface area contributed by atoms with Gasteiger partial charge >= 0.3 is 5.97 Å². The first-order valence-electron chi connectivity index (χ1n) is 5.24. The monoisotopic (exact) mass is 218 g/mol. The summed E-state index contributed by atoms with van der Waals surface area (Å²) >= 11 is 0. The molecule has 16 heavy (non-hydrogen) atoms. The SMILES string of the molecule is CCOC(=O)c1nc2cccc(C)c2n1C. The van der Waals surface area contributed by atoms with Gasteiger partial charge in [0.05, 0.1) is 17.6 Å². The van der Waals surface area contributed by atoms with Gasteiger partial charge in [0.1, 0.15) is 0 Å². The number of aryl methyl sites for hydroxylation is 2. The Hall–Kier alpha value is -1.84. The molecule has 1 aromatic heterocycles. The summed E-state index contributed by atoms with van der Waals surface area (Å²) in [6.45, 7) is 4.14. The number of fused-ring (bicyclic) bond motifs is 1.